The largest absolute Gasteiger partial charge is 0.484 e. The van der Waals surface area contributed by atoms with Crippen molar-refractivity contribution >= 4 is 33.2 Å². The molecule has 0 aliphatic carbocycles. The molecule has 0 aliphatic heterocycles. The predicted octanol–water partition coefficient (Wildman–Crippen LogP) is 2.36. The molecule has 0 fully saturated rings. The van der Waals surface area contributed by atoms with E-state index in [1.165, 1.54) is 11.3 Å². The Balaban J connectivity index is 1.97. The van der Waals surface area contributed by atoms with Gasteiger partial charge in [0.1, 0.15) is 5.75 Å². The number of amides is 1. The minimum absolute atomic E-state index is 0.0560. The highest BCUT2D eigenvalue weighted by molar-refractivity contribution is 9.10. The number of rotatable bonds is 3. The van der Waals surface area contributed by atoms with Crippen LogP contribution < -0.4 is 9.54 Å². The normalized spacial score (nSPS) is 11.6. The maximum Gasteiger partial charge on any atom is 0.286 e. The van der Waals surface area contributed by atoms with Gasteiger partial charge in [-0.15, -0.1) is 11.3 Å². The molecule has 0 unspecified atom stereocenters. The zero-order valence-corrected chi connectivity index (χ0v) is 12.1. The Labute approximate surface area is 117 Å². The average Bonchev–Trinajstić information content (AvgIpc) is 2.74. The van der Waals surface area contributed by atoms with Gasteiger partial charge in [0.2, 0.25) is 0 Å². The summed E-state index contributed by atoms with van der Waals surface area (Å²) in [6.45, 7) is -0.0560. The molecule has 1 amide bonds. The fourth-order valence-corrected chi connectivity index (χ4v) is 2.26. The van der Waals surface area contributed by atoms with Crippen molar-refractivity contribution in [1.82, 2.24) is 4.57 Å². The van der Waals surface area contributed by atoms with Gasteiger partial charge < -0.3 is 9.30 Å². The van der Waals surface area contributed by atoms with Crippen molar-refractivity contribution in [1.29, 1.82) is 0 Å². The van der Waals surface area contributed by atoms with Crippen LogP contribution in [0, 0.1) is 0 Å². The van der Waals surface area contributed by atoms with Crippen molar-refractivity contribution in [2.75, 3.05) is 6.61 Å². The van der Waals surface area contributed by atoms with Gasteiger partial charge in [0.05, 0.1) is 0 Å². The molecule has 4 nitrogen and oxygen atoms in total. The van der Waals surface area contributed by atoms with Gasteiger partial charge in [-0.2, -0.15) is 4.99 Å². The number of hydrogen-bond donors (Lipinski definition) is 0. The van der Waals surface area contributed by atoms with Gasteiger partial charge in [-0.05, 0) is 24.3 Å². The van der Waals surface area contributed by atoms with E-state index in [2.05, 4.69) is 20.9 Å². The summed E-state index contributed by atoms with van der Waals surface area (Å²) in [5.74, 6) is 0.355. The standard InChI is InChI=1S/C12H11BrN2O2S/c1-15-6-7-18-12(15)14-11(16)8-17-10-4-2-9(13)3-5-10/h2-7H,8H2,1H3. The van der Waals surface area contributed by atoms with Gasteiger partial charge in [-0.3, -0.25) is 4.79 Å². The Morgan fingerprint density at radius 1 is 1.44 bits per heavy atom. The molecule has 6 heteroatoms. The summed E-state index contributed by atoms with van der Waals surface area (Å²) in [7, 11) is 1.85. The summed E-state index contributed by atoms with van der Waals surface area (Å²) in [4.78, 5) is 16.2. The molecule has 0 radical (unpaired) electrons. The topological polar surface area (TPSA) is 43.6 Å². The van der Waals surface area contributed by atoms with E-state index in [9.17, 15) is 4.79 Å². The van der Waals surface area contributed by atoms with E-state index in [1.54, 1.807) is 16.7 Å². The van der Waals surface area contributed by atoms with Crippen molar-refractivity contribution in [2.45, 2.75) is 0 Å². The van der Waals surface area contributed by atoms with Crippen LogP contribution in [0.3, 0.4) is 0 Å². The van der Waals surface area contributed by atoms with Gasteiger partial charge in [0.15, 0.2) is 11.4 Å². The van der Waals surface area contributed by atoms with E-state index < -0.39 is 0 Å². The van der Waals surface area contributed by atoms with Crippen LogP contribution in [0.4, 0.5) is 0 Å². The molecule has 0 saturated heterocycles. The minimum atomic E-state index is -0.295. The average molecular weight is 327 g/mol. The van der Waals surface area contributed by atoms with E-state index in [0.29, 0.717) is 10.6 Å². The van der Waals surface area contributed by atoms with Crippen molar-refractivity contribution in [3.05, 3.63) is 45.1 Å². The molecule has 18 heavy (non-hydrogen) atoms. The number of carbonyl (C=O) groups excluding carboxylic acids is 1. The SMILES string of the molecule is Cn1ccsc1=NC(=O)COc1ccc(Br)cc1. The number of benzene rings is 1. The van der Waals surface area contributed by atoms with Crippen LogP contribution in [0.1, 0.15) is 0 Å². The van der Waals surface area contributed by atoms with E-state index in [0.717, 1.165) is 4.47 Å². The highest BCUT2D eigenvalue weighted by Crippen LogP contribution is 2.15. The lowest BCUT2D eigenvalue weighted by Gasteiger charge is -2.02. The fourth-order valence-electron chi connectivity index (χ4n) is 1.25. The van der Waals surface area contributed by atoms with E-state index in [1.807, 2.05) is 30.8 Å². The van der Waals surface area contributed by atoms with Gasteiger partial charge in [0.25, 0.3) is 5.91 Å². The monoisotopic (exact) mass is 326 g/mol. The zero-order chi connectivity index (χ0) is 13.0. The third kappa shape index (κ3) is 3.54. The molecule has 1 aromatic heterocycles. The summed E-state index contributed by atoms with van der Waals surface area (Å²) in [6.07, 6.45) is 1.85. The highest BCUT2D eigenvalue weighted by Gasteiger charge is 2.01. The summed E-state index contributed by atoms with van der Waals surface area (Å²) in [5.41, 5.74) is 0. The smallest absolute Gasteiger partial charge is 0.286 e. The van der Waals surface area contributed by atoms with Gasteiger partial charge >= 0.3 is 0 Å². The summed E-state index contributed by atoms with van der Waals surface area (Å²) in [5, 5.41) is 1.88. The number of thiazole rings is 1. The van der Waals surface area contributed by atoms with Crippen molar-refractivity contribution in [3.63, 3.8) is 0 Å². The zero-order valence-electron chi connectivity index (χ0n) is 9.67. The van der Waals surface area contributed by atoms with Crippen LogP contribution in [0.2, 0.25) is 0 Å². The maximum atomic E-state index is 11.6. The van der Waals surface area contributed by atoms with Gasteiger partial charge in [-0.25, -0.2) is 0 Å². The molecule has 0 saturated carbocycles. The molecule has 0 N–H and O–H groups in total. The first kappa shape index (κ1) is 13.0. The van der Waals surface area contributed by atoms with Crippen LogP contribution in [0.25, 0.3) is 0 Å². The number of aromatic nitrogens is 1. The Morgan fingerprint density at radius 3 is 2.78 bits per heavy atom. The molecule has 0 aliphatic rings. The van der Waals surface area contributed by atoms with E-state index >= 15 is 0 Å². The Hall–Kier alpha value is -1.40. The maximum absolute atomic E-state index is 11.6. The van der Waals surface area contributed by atoms with E-state index in [4.69, 9.17) is 4.74 Å². The first-order valence-corrected chi connectivity index (χ1v) is 6.88. The number of carbonyl (C=O) groups is 1. The minimum Gasteiger partial charge on any atom is -0.484 e. The third-order valence-corrected chi connectivity index (χ3v) is 3.53. The molecule has 1 heterocycles. The van der Waals surface area contributed by atoms with Crippen molar-refractivity contribution in [2.24, 2.45) is 12.0 Å². The Bertz CT molecular complexity index is 601. The second-order valence-corrected chi connectivity index (χ2v) is 5.33. The lowest BCUT2D eigenvalue weighted by molar-refractivity contribution is -0.120. The second kappa shape index (κ2) is 5.97. The molecule has 0 atom stereocenters. The number of hydrogen-bond acceptors (Lipinski definition) is 3. The second-order valence-electron chi connectivity index (χ2n) is 3.54. The lowest BCUT2D eigenvalue weighted by atomic mass is 10.3. The van der Waals surface area contributed by atoms with Crippen molar-refractivity contribution in [3.8, 4) is 5.75 Å². The Kier molecular flexibility index (Phi) is 4.33. The molecular formula is C12H11BrN2O2S. The fraction of sp³-hybridized carbons (Fsp3) is 0.167. The molecule has 0 spiro atoms. The molecule has 2 rings (SSSR count). The predicted molar refractivity (Wildman–Crippen MR) is 73.5 cm³/mol. The molecule has 2 aromatic rings. The first-order valence-electron chi connectivity index (χ1n) is 5.21. The molecule has 0 bridgehead atoms. The molecule has 94 valence electrons. The molecular weight excluding hydrogens is 316 g/mol. The lowest BCUT2D eigenvalue weighted by Crippen LogP contribution is -2.16. The summed E-state index contributed by atoms with van der Waals surface area (Å²) < 4.78 is 8.11. The number of aryl methyl sites for hydroxylation is 1. The highest BCUT2D eigenvalue weighted by atomic mass is 79.9. The summed E-state index contributed by atoms with van der Waals surface area (Å²) >= 11 is 4.75. The third-order valence-electron chi connectivity index (χ3n) is 2.16. The van der Waals surface area contributed by atoms with E-state index in [-0.39, 0.29) is 12.5 Å². The quantitative estimate of drug-likeness (QED) is 0.869. The van der Waals surface area contributed by atoms with Crippen molar-refractivity contribution < 1.29 is 9.53 Å². The number of halogens is 1. The van der Waals surface area contributed by atoms with Gasteiger partial charge in [-0.1, -0.05) is 15.9 Å². The molecule has 1 aromatic carbocycles. The van der Waals surface area contributed by atoms with Crippen LogP contribution in [-0.2, 0) is 11.8 Å². The first-order chi connectivity index (χ1) is 8.65. The Morgan fingerprint density at radius 2 is 2.17 bits per heavy atom. The van der Waals surface area contributed by atoms with Crippen LogP contribution >= 0.6 is 27.3 Å². The summed E-state index contributed by atoms with van der Waals surface area (Å²) in [6, 6.07) is 7.30. The van der Waals surface area contributed by atoms with Crippen LogP contribution in [-0.4, -0.2) is 17.1 Å². The van der Waals surface area contributed by atoms with Crippen LogP contribution in [0.5, 0.6) is 5.75 Å². The number of ether oxygens (including phenoxy) is 1. The number of nitrogens with zero attached hydrogens (tertiary/aromatic N) is 2. The van der Waals surface area contributed by atoms with Gasteiger partial charge in [0, 0.05) is 23.1 Å². The van der Waals surface area contributed by atoms with Crippen LogP contribution in [0.15, 0.2) is 45.3 Å².